The lowest BCUT2D eigenvalue weighted by Gasteiger charge is -2.33. The summed E-state index contributed by atoms with van der Waals surface area (Å²) in [5.74, 6) is -0.0127. The summed E-state index contributed by atoms with van der Waals surface area (Å²) >= 11 is 0. The van der Waals surface area contributed by atoms with E-state index in [2.05, 4.69) is 0 Å². The molecule has 0 unspecified atom stereocenters. The molecule has 0 radical (unpaired) electrons. The monoisotopic (exact) mass is 437 g/mol. The van der Waals surface area contributed by atoms with E-state index >= 15 is 0 Å². The molecular weight excluding hydrogens is 410 g/mol. The normalized spacial score (nSPS) is 14.5. The van der Waals surface area contributed by atoms with Crippen molar-refractivity contribution >= 4 is 44.7 Å². The van der Waals surface area contributed by atoms with E-state index in [1.54, 1.807) is 4.90 Å². The minimum atomic E-state index is -0.115. The third kappa shape index (κ3) is 4.02. The van der Waals surface area contributed by atoms with Crippen molar-refractivity contribution in [2.75, 3.05) is 30.8 Å². The average Bonchev–Trinajstić information content (AvgIpc) is 2.86. The van der Waals surface area contributed by atoms with Gasteiger partial charge >= 0.3 is 0 Å². The molecule has 0 aromatic heterocycles. The Morgan fingerprint density at radius 2 is 1.52 bits per heavy atom. The summed E-state index contributed by atoms with van der Waals surface area (Å²) in [7, 11) is 1.82. The van der Waals surface area contributed by atoms with Gasteiger partial charge in [-0.2, -0.15) is 0 Å². The largest absolute Gasteiger partial charge is 0.399 e. The first kappa shape index (κ1) is 21.0. The van der Waals surface area contributed by atoms with Crippen molar-refractivity contribution in [3.63, 3.8) is 0 Å². The average molecular weight is 438 g/mol. The topological polar surface area (TPSA) is 66.6 Å². The van der Waals surface area contributed by atoms with Crippen LogP contribution in [0.4, 0.5) is 11.4 Å². The van der Waals surface area contributed by atoms with Crippen molar-refractivity contribution in [3.8, 4) is 0 Å². The first-order valence-electron chi connectivity index (χ1n) is 11.4. The molecule has 1 aliphatic heterocycles. The van der Waals surface area contributed by atoms with Gasteiger partial charge in [-0.15, -0.1) is 0 Å². The molecule has 1 fully saturated rings. The number of amides is 2. The lowest BCUT2D eigenvalue weighted by Crippen LogP contribution is -2.43. The first-order valence-corrected chi connectivity index (χ1v) is 11.4. The van der Waals surface area contributed by atoms with Gasteiger partial charge in [-0.1, -0.05) is 54.6 Å². The molecule has 1 heterocycles. The summed E-state index contributed by atoms with van der Waals surface area (Å²) in [6.07, 6.45) is 1.31. The van der Waals surface area contributed by atoms with E-state index in [4.69, 9.17) is 5.73 Å². The number of nitrogens with zero attached hydrogens (tertiary/aromatic N) is 2. The van der Waals surface area contributed by atoms with Gasteiger partial charge in [-0.05, 0) is 53.3 Å². The molecule has 0 spiro atoms. The fourth-order valence-electron chi connectivity index (χ4n) is 4.82. The van der Waals surface area contributed by atoms with E-state index in [0.717, 1.165) is 27.2 Å². The number of nitrogens with two attached hydrogens (primary N) is 1. The summed E-state index contributed by atoms with van der Waals surface area (Å²) in [5.41, 5.74) is 8.26. The lowest BCUT2D eigenvalue weighted by molar-refractivity contribution is -0.123. The molecular formula is C28H27N3O2. The number of piperidine rings is 1. The van der Waals surface area contributed by atoms with Gasteiger partial charge < -0.3 is 15.5 Å². The molecule has 1 saturated heterocycles. The van der Waals surface area contributed by atoms with E-state index < -0.39 is 0 Å². The maximum Gasteiger partial charge on any atom is 0.253 e. The summed E-state index contributed by atoms with van der Waals surface area (Å²) in [6.45, 7) is 1.15. The van der Waals surface area contributed by atoms with Gasteiger partial charge in [0.25, 0.3) is 5.91 Å². The standard InChI is InChI=1S/C28H27N3O2/c1-30(26-18-24(29)17-22-8-4-5-9-25(22)26)27(32)20-12-14-31(15-13-20)28(33)23-11-10-19-6-2-3-7-21(19)16-23/h2-11,16-18,20H,12-15,29H2,1H3. The van der Waals surface area contributed by atoms with Crippen molar-refractivity contribution in [3.05, 3.63) is 84.4 Å². The van der Waals surface area contributed by atoms with Crippen LogP contribution in [0, 0.1) is 5.92 Å². The molecule has 0 saturated carbocycles. The Labute approximate surface area is 193 Å². The summed E-state index contributed by atoms with van der Waals surface area (Å²) in [6, 6.07) is 25.6. The Morgan fingerprint density at radius 1 is 0.848 bits per heavy atom. The number of nitrogen functional groups attached to an aromatic ring is 1. The zero-order chi connectivity index (χ0) is 22.9. The summed E-state index contributed by atoms with van der Waals surface area (Å²) in [4.78, 5) is 30.0. The minimum Gasteiger partial charge on any atom is -0.399 e. The number of likely N-dealkylation sites (tertiary alicyclic amines) is 1. The second-order valence-electron chi connectivity index (χ2n) is 8.79. The molecule has 0 atom stereocenters. The highest BCUT2D eigenvalue weighted by molar-refractivity contribution is 6.05. The van der Waals surface area contributed by atoms with Crippen LogP contribution in [0.3, 0.4) is 0 Å². The number of carbonyl (C=O) groups is 2. The van der Waals surface area contributed by atoms with Crippen LogP contribution in [0.2, 0.25) is 0 Å². The van der Waals surface area contributed by atoms with Crippen LogP contribution >= 0.6 is 0 Å². The number of hydrogen-bond donors (Lipinski definition) is 1. The maximum atomic E-state index is 13.3. The molecule has 5 nitrogen and oxygen atoms in total. The third-order valence-electron chi connectivity index (χ3n) is 6.68. The quantitative estimate of drug-likeness (QED) is 0.454. The molecule has 4 aromatic rings. The maximum absolute atomic E-state index is 13.3. The molecule has 2 N–H and O–H groups in total. The Balaban J connectivity index is 1.29. The smallest absolute Gasteiger partial charge is 0.253 e. The molecule has 2 amide bonds. The second kappa shape index (κ2) is 8.58. The van der Waals surface area contributed by atoms with Crippen LogP contribution in [0.1, 0.15) is 23.2 Å². The zero-order valence-electron chi connectivity index (χ0n) is 18.7. The van der Waals surface area contributed by atoms with E-state index in [-0.39, 0.29) is 17.7 Å². The highest BCUT2D eigenvalue weighted by atomic mass is 16.2. The Kier molecular flexibility index (Phi) is 5.47. The van der Waals surface area contributed by atoms with E-state index in [9.17, 15) is 9.59 Å². The summed E-state index contributed by atoms with van der Waals surface area (Å²) in [5, 5.41) is 4.20. The molecule has 33 heavy (non-hydrogen) atoms. The van der Waals surface area contributed by atoms with Crippen molar-refractivity contribution in [1.29, 1.82) is 0 Å². The SMILES string of the molecule is CN(C(=O)C1CCN(C(=O)c2ccc3ccccc3c2)CC1)c1cc(N)cc2ccccc12. The van der Waals surface area contributed by atoms with Gasteiger partial charge in [-0.3, -0.25) is 9.59 Å². The van der Waals surface area contributed by atoms with Crippen LogP contribution in [-0.2, 0) is 4.79 Å². The molecule has 5 heteroatoms. The van der Waals surface area contributed by atoms with Gasteiger partial charge in [0.15, 0.2) is 0 Å². The number of hydrogen-bond acceptors (Lipinski definition) is 3. The van der Waals surface area contributed by atoms with Gasteiger partial charge in [0.2, 0.25) is 5.91 Å². The van der Waals surface area contributed by atoms with Crippen LogP contribution in [0.15, 0.2) is 78.9 Å². The number of rotatable bonds is 3. The zero-order valence-corrected chi connectivity index (χ0v) is 18.7. The van der Waals surface area contributed by atoms with E-state index in [1.807, 2.05) is 90.8 Å². The fourth-order valence-corrected chi connectivity index (χ4v) is 4.82. The van der Waals surface area contributed by atoms with Crippen molar-refractivity contribution < 1.29 is 9.59 Å². The minimum absolute atomic E-state index is 0.0295. The predicted octanol–water partition coefficient (Wildman–Crippen LogP) is 5.09. The highest BCUT2D eigenvalue weighted by Gasteiger charge is 2.30. The van der Waals surface area contributed by atoms with Gasteiger partial charge in [0.05, 0.1) is 5.69 Å². The number of anilines is 2. The number of fused-ring (bicyclic) bond motifs is 2. The van der Waals surface area contributed by atoms with Crippen molar-refractivity contribution in [2.24, 2.45) is 5.92 Å². The molecule has 166 valence electrons. The third-order valence-corrected chi connectivity index (χ3v) is 6.68. The van der Waals surface area contributed by atoms with Crippen LogP contribution in [0.25, 0.3) is 21.5 Å². The Bertz CT molecular complexity index is 1360. The van der Waals surface area contributed by atoms with Crippen LogP contribution < -0.4 is 10.6 Å². The van der Waals surface area contributed by atoms with Crippen LogP contribution in [-0.4, -0.2) is 36.9 Å². The van der Waals surface area contributed by atoms with Crippen molar-refractivity contribution in [2.45, 2.75) is 12.8 Å². The fraction of sp³-hybridized carbons (Fsp3) is 0.214. The second-order valence-corrected chi connectivity index (χ2v) is 8.79. The van der Waals surface area contributed by atoms with E-state index in [0.29, 0.717) is 37.2 Å². The van der Waals surface area contributed by atoms with Gasteiger partial charge in [-0.25, -0.2) is 0 Å². The molecule has 4 aromatic carbocycles. The Hall–Kier alpha value is -3.86. The molecule has 0 aliphatic carbocycles. The van der Waals surface area contributed by atoms with Crippen LogP contribution in [0.5, 0.6) is 0 Å². The molecule has 1 aliphatic rings. The van der Waals surface area contributed by atoms with Gasteiger partial charge in [0.1, 0.15) is 0 Å². The Morgan fingerprint density at radius 3 is 2.27 bits per heavy atom. The first-order chi connectivity index (χ1) is 16.0. The lowest BCUT2D eigenvalue weighted by atomic mass is 9.94. The predicted molar refractivity (Wildman–Crippen MR) is 134 cm³/mol. The highest BCUT2D eigenvalue weighted by Crippen LogP contribution is 2.31. The number of carbonyl (C=O) groups excluding carboxylic acids is 2. The van der Waals surface area contributed by atoms with Gasteiger partial charge in [0, 0.05) is 42.7 Å². The summed E-state index contributed by atoms with van der Waals surface area (Å²) < 4.78 is 0. The number of benzene rings is 4. The molecule has 0 bridgehead atoms. The van der Waals surface area contributed by atoms with E-state index in [1.165, 1.54) is 0 Å². The molecule has 5 rings (SSSR count). The van der Waals surface area contributed by atoms with Crippen molar-refractivity contribution in [1.82, 2.24) is 4.90 Å².